The Bertz CT molecular complexity index is 1370. The Morgan fingerprint density at radius 2 is 1.82 bits per heavy atom. The zero-order chi connectivity index (χ0) is 22.9. The second-order valence-corrected chi connectivity index (χ2v) is 8.18. The van der Waals surface area contributed by atoms with Crippen molar-refractivity contribution in [1.29, 1.82) is 5.26 Å². The molecule has 1 aromatic heterocycles. The van der Waals surface area contributed by atoms with Gasteiger partial charge in [-0.3, -0.25) is 0 Å². The molecule has 1 aliphatic heterocycles. The molecule has 7 heteroatoms. The van der Waals surface area contributed by atoms with Crippen LogP contribution >= 0.6 is 12.2 Å². The van der Waals surface area contributed by atoms with Gasteiger partial charge in [0, 0.05) is 23.1 Å². The molecule has 0 saturated carbocycles. The van der Waals surface area contributed by atoms with Crippen molar-refractivity contribution < 1.29 is 13.9 Å². The number of nitriles is 1. The molecular formula is C26H20FN3O2S. The molecule has 0 radical (unpaired) electrons. The van der Waals surface area contributed by atoms with Gasteiger partial charge in [-0.05, 0) is 84.4 Å². The minimum Gasteiger partial charge on any atom is -0.497 e. The highest BCUT2D eigenvalue weighted by atomic mass is 32.1. The van der Waals surface area contributed by atoms with Crippen LogP contribution in [0.15, 0.2) is 66.7 Å². The molecule has 5 rings (SSSR count). The highest BCUT2D eigenvalue weighted by Crippen LogP contribution is 2.39. The molecule has 4 aromatic rings. The van der Waals surface area contributed by atoms with Crippen LogP contribution in [-0.2, 0) is 6.42 Å². The van der Waals surface area contributed by atoms with Gasteiger partial charge in [0.25, 0.3) is 5.17 Å². The van der Waals surface area contributed by atoms with E-state index < -0.39 is 0 Å². The minimum atomic E-state index is -0.332. The molecule has 0 bridgehead atoms. The fraction of sp³-hybridized carbons (Fsp3) is 0.154. The van der Waals surface area contributed by atoms with Crippen LogP contribution in [0, 0.1) is 17.1 Å². The van der Waals surface area contributed by atoms with Crippen molar-refractivity contribution in [2.75, 3.05) is 13.7 Å². The van der Waals surface area contributed by atoms with Gasteiger partial charge in [-0.2, -0.15) is 5.26 Å². The number of hydrogen-bond acceptors (Lipinski definition) is 4. The number of ether oxygens (including phenoxy) is 2. The third-order valence-corrected chi connectivity index (χ3v) is 6.26. The van der Waals surface area contributed by atoms with Crippen LogP contribution in [0.25, 0.3) is 10.9 Å². The lowest BCUT2D eigenvalue weighted by atomic mass is 9.92. The fourth-order valence-electron chi connectivity index (χ4n) is 4.35. The van der Waals surface area contributed by atoms with Gasteiger partial charge in [-0.15, -0.1) is 0 Å². The molecule has 164 valence electrons. The Morgan fingerprint density at radius 1 is 1.09 bits per heavy atom. The number of halogens is 1. The minimum absolute atomic E-state index is 0.217. The van der Waals surface area contributed by atoms with Crippen LogP contribution in [0.4, 0.5) is 4.39 Å². The molecule has 0 spiro atoms. The molecule has 0 saturated heterocycles. The Kier molecular flexibility index (Phi) is 5.45. The average molecular weight is 458 g/mol. The third-order valence-electron chi connectivity index (χ3n) is 5.94. The number of thiocarbonyl (C=S) groups is 1. The maximum atomic E-state index is 13.3. The van der Waals surface area contributed by atoms with Crippen LogP contribution in [0.1, 0.15) is 28.4 Å². The van der Waals surface area contributed by atoms with Gasteiger partial charge in [0.15, 0.2) is 0 Å². The molecule has 1 N–H and O–H groups in total. The number of benzene rings is 3. The van der Waals surface area contributed by atoms with Crippen LogP contribution in [0.3, 0.4) is 0 Å². The normalized spacial score (nSPS) is 15.1. The van der Waals surface area contributed by atoms with Crippen LogP contribution < -0.4 is 9.47 Å². The largest absolute Gasteiger partial charge is 0.497 e. The van der Waals surface area contributed by atoms with E-state index in [1.165, 1.54) is 17.7 Å². The Morgan fingerprint density at radius 3 is 2.52 bits per heavy atom. The zero-order valence-corrected chi connectivity index (χ0v) is 18.7. The summed E-state index contributed by atoms with van der Waals surface area (Å²) >= 11 is 5.69. The van der Waals surface area contributed by atoms with E-state index in [1.807, 2.05) is 47.4 Å². The van der Waals surface area contributed by atoms with Crippen LogP contribution in [-0.4, -0.2) is 28.7 Å². The molecule has 1 atom stereocenters. The monoisotopic (exact) mass is 457 g/mol. The first-order valence-electron chi connectivity index (χ1n) is 10.5. The number of aromatic nitrogens is 1. The van der Waals surface area contributed by atoms with Crippen molar-refractivity contribution in [3.05, 3.63) is 94.9 Å². The highest BCUT2D eigenvalue weighted by molar-refractivity contribution is 7.80. The summed E-state index contributed by atoms with van der Waals surface area (Å²) in [6, 6.07) is 21.4. The molecule has 3 aromatic carbocycles. The molecule has 5 nitrogen and oxygen atoms in total. The topological polar surface area (TPSA) is 61.3 Å². The third kappa shape index (κ3) is 3.90. The number of hydrogen-bond donors (Lipinski definition) is 1. The number of nitrogens with one attached hydrogen (secondary N) is 1. The van der Waals surface area contributed by atoms with Gasteiger partial charge in [0.2, 0.25) is 0 Å². The number of H-pyrrole nitrogens is 1. The summed E-state index contributed by atoms with van der Waals surface area (Å²) in [4.78, 5) is 5.58. The van der Waals surface area contributed by atoms with E-state index >= 15 is 0 Å². The maximum Gasteiger partial charge on any atom is 0.265 e. The van der Waals surface area contributed by atoms with E-state index in [0.717, 1.165) is 34.3 Å². The van der Waals surface area contributed by atoms with E-state index in [-0.39, 0.29) is 11.9 Å². The first-order chi connectivity index (χ1) is 16.1. The lowest BCUT2D eigenvalue weighted by Gasteiger charge is -2.37. The number of fused-ring (bicyclic) bond motifs is 3. The Labute approximate surface area is 196 Å². The quantitative estimate of drug-likeness (QED) is 0.412. The van der Waals surface area contributed by atoms with Crippen molar-refractivity contribution in [3.63, 3.8) is 0 Å². The van der Waals surface area contributed by atoms with Gasteiger partial charge < -0.3 is 19.4 Å². The molecular weight excluding hydrogens is 437 g/mol. The zero-order valence-electron chi connectivity index (χ0n) is 17.8. The van der Waals surface area contributed by atoms with Crippen LogP contribution in [0.2, 0.25) is 0 Å². The van der Waals surface area contributed by atoms with Crippen molar-refractivity contribution in [2.24, 2.45) is 0 Å². The van der Waals surface area contributed by atoms with Crippen molar-refractivity contribution in [3.8, 4) is 17.6 Å². The van der Waals surface area contributed by atoms with Crippen molar-refractivity contribution >= 4 is 28.3 Å². The average Bonchev–Trinajstić information content (AvgIpc) is 3.22. The van der Waals surface area contributed by atoms with E-state index in [4.69, 9.17) is 21.7 Å². The number of aromatic amines is 1. The van der Waals surface area contributed by atoms with E-state index in [2.05, 4.69) is 11.1 Å². The van der Waals surface area contributed by atoms with E-state index in [1.54, 1.807) is 19.2 Å². The summed E-state index contributed by atoms with van der Waals surface area (Å²) in [5.74, 6) is 0.916. The summed E-state index contributed by atoms with van der Waals surface area (Å²) in [6.07, 6.45) is 0.740. The van der Waals surface area contributed by atoms with Gasteiger partial charge in [0.05, 0.1) is 24.8 Å². The second-order valence-electron chi connectivity index (χ2n) is 7.83. The summed E-state index contributed by atoms with van der Waals surface area (Å²) in [5.41, 5.74) is 4.81. The summed E-state index contributed by atoms with van der Waals surface area (Å²) < 4.78 is 24.6. The standard InChI is InChI=1S/C26H20FN3O2S/c1-31-19-7-3-17(4-8-19)25-24-21(22-14-16(15-28)2-11-23(22)29-24)12-13-30(25)26(33)32-20-9-5-18(27)6-10-20/h2-11,14,25,29H,12-13H2,1H3. The predicted molar refractivity (Wildman–Crippen MR) is 128 cm³/mol. The highest BCUT2D eigenvalue weighted by Gasteiger charge is 2.34. The lowest BCUT2D eigenvalue weighted by molar-refractivity contribution is 0.289. The number of nitrogens with zero attached hydrogens (tertiary/aromatic N) is 2. The number of methoxy groups -OCH3 is 1. The first kappa shape index (κ1) is 21.0. The summed E-state index contributed by atoms with van der Waals surface area (Å²) in [7, 11) is 1.64. The molecule has 1 unspecified atom stereocenters. The summed E-state index contributed by atoms with van der Waals surface area (Å²) in [5, 5.41) is 10.7. The van der Waals surface area contributed by atoms with Crippen LogP contribution in [0.5, 0.6) is 11.5 Å². The summed E-state index contributed by atoms with van der Waals surface area (Å²) in [6.45, 7) is 0.632. The Hall–Kier alpha value is -3.89. The lowest BCUT2D eigenvalue weighted by Crippen LogP contribution is -2.42. The SMILES string of the molecule is COc1ccc(C2c3[nH]c4ccc(C#N)cc4c3CCN2C(=S)Oc2ccc(F)cc2)cc1. The fourth-order valence-corrected chi connectivity index (χ4v) is 4.64. The molecule has 1 aliphatic rings. The number of rotatable bonds is 3. The van der Waals surface area contributed by atoms with E-state index in [0.29, 0.717) is 23.0 Å². The molecule has 0 fully saturated rings. The smallest absolute Gasteiger partial charge is 0.265 e. The van der Waals surface area contributed by atoms with Crippen molar-refractivity contribution in [1.82, 2.24) is 9.88 Å². The second kappa shape index (κ2) is 8.57. The van der Waals surface area contributed by atoms with Gasteiger partial charge in [-0.25, -0.2) is 4.39 Å². The maximum absolute atomic E-state index is 13.3. The first-order valence-corrected chi connectivity index (χ1v) is 10.9. The van der Waals surface area contributed by atoms with Gasteiger partial charge in [-0.1, -0.05) is 12.1 Å². The van der Waals surface area contributed by atoms with Crippen molar-refractivity contribution in [2.45, 2.75) is 12.5 Å². The molecule has 33 heavy (non-hydrogen) atoms. The predicted octanol–water partition coefficient (Wildman–Crippen LogP) is 5.50. The van der Waals surface area contributed by atoms with Gasteiger partial charge in [0.1, 0.15) is 17.3 Å². The van der Waals surface area contributed by atoms with E-state index in [9.17, 15) is 9.65 Å². The molecule has 0 amide bonds. The van der Waals surface area contributed by atoms with Gasteiger partial charge >= 0.3 is 0 Å². The molecule has 2 heterocycles. The molecule has 0 aliphatic carbocycles. The Balaban J connectivity index is 1.58.